The van der Waals surface area contributed by atoms with Gasteiger partial charge >= 0.3 is 5.97 Å². The molecular weight excluding hydrogens is 227 g/mol. The lowest BCUT2D eigenvalue weighted by atomic mass is 10.3. The van der Waals surface area contributed by atoms with Crippen LogP contribution in [-0.4, -0.2) is 17.8 Å². The Morgan fingerprint density at radius 3 is 2.75 bits per heavy atom. The maximum Gasteiger partial charge on any atom is 0.306 e. The predicted octanol–water partition coefficient (Wildman–Crippen LogP) is 3.26. The summed E-state index contributed by atoms with van der Waals surface area (Å²) in [7, 11) is 0. The van der Waals surface area contributed by atoms with Crippen molar-refractivity contribution in [1.82, 2.24) is 0 Å². The molecule has 0 aliphatic carbocycles. The second-order valence-corrected chi connectivity index (χ2v) is 4.70. The van der Waals surface area contributed by atoms with Crippen LogP contribution in [-0.2, 0) is 9.53 Å². The van der Waals surface area contributed by atoms with Gasteiger partial charge in [-0.15, -0.1) is 11.8 Å². The van der Waals surface area contributed by atoms with Gasteiger partial charge in [0.2, 0.25) is 0 Å². The van der Waals surface area contributed by atoms with Crippen molar-refractivity contribution in [2.45, 2.75) is 31.3 Å². The van der Waals surface area contributed by atoms with Crippen LogP contribution in [0.3, 0.4) is 0 Å². The topological polar surface area (TPSA) is 26.3 Å². The molecule has 0 radical (unpaired) electrons. The average molecular weight is 242 g/mol. The molecule has 0 amide bonds. The van der Waals surface area contributed by atoms with E-state index >= 15 is 0 Å². The second kappa shape index (κ2) is 6.53. The first-order chi connectivity index (χ1) is 7.59. The van der Waals surface area contributed by atoms with Crippen LogP contribution < -0.4 is 0 Å². The first kappa shape index (κ1) is 13.0. The lowest BCUT2D eigenvalue weighted by Gasteiger charge is -2.07. The highest BCUT2D eigenvalue weighted by molar-refractivity contribution is 7.99. The summed E-state index contributed by atoms with van der Waals surface area (Å²) in [6, 6.07) is 6.53. The number of carbonyl (C=O) groups excluding carboxylic acids is 1. The molecule has 4 heteroatoms. The molecule has 16 heavy (non-hydrogen) atoms. The van der Waals surface area contributed by atoms with Crippen LogP contribution in [0.15, 0.2) is 29.2 Å². The summed E-state index contributed by atoms with van der Waals surface area (Å²) < 4.78 is 18.2. The summed E-state index contributed by atoms with van der Waals surface area (Å²) in [5, 5.41) is 0. The molecule has 2 nitrogen and oxygen atoms in total. The van der Waals surface area contributed by atoms with Gasteiger partial charge in [-0.25, -0.2) is 4.39 Å². The van der Waals surface area contributed by atoms with Crippen molar-refractivity contribution >= 4 is 17.7 Å². The highest BCUT2D eigenvalue weighted by Gasteiger charge is 2.07. The Morgan fingerprint density at radius 2 is 2.12 bits per heavy atom. The molecule has 0 fully saturated rings. The number of halogens is 1. The average Bonchev–Trinajstić information content (AvgIpc) is 2.19. The third-order valence-corrected chi connectivity index (χ3v) is 2.82. The zero-order chi connectivity index (χ0) is 12.0. The fourth-order valence-corrected chi connectivity index (χ4v) is 2.00. The minimum atomic E-state index is -0.246. The van der Waals surface area contributed by atoms with Gasteiger partial charge in [0.25, 0.3) is 0 Å². The van der Waals surface area contributed by atoms with E-state index in [2.05, 4.69) is 0 Å². The largest absolute Gasteiger partial charge is 0.463 e. The molecule has 1 aromatic rings. The zero-order valence-corrected chi connectivity index (χ0v) is 10.2. The fraction of sp³-hybridized carbons (Fsp3) is 0.417. The molecule has 0 bridgehead atoms. The van der Waals surface area contributed by atoms with E-state index in [1.807, 2.05) is 13.8 Å². The lowest BCUT2D eigenvalue weighted by Crippen LogP contribution is -2.11. The molecule has 0 aliphatic rings. The van der Waals surface area contributed by atoms with E-state index in [0.29, 0.717) is 17.1 Å². The fourth-order valence-electron chi connectivity index (χ4n) is 1.13. The standard InChI is InChI=1S/C12H15FO2S/c1-9(2)15-12(14)7-8-16-11-6-4-3-5-10(11)13/h3-6,9H,7-8H2,1-2H3. The Morgan fingerprint density at radius 1 is 1.44 bits per heavy atom. The van der Waals surface area contributed by atoms with Crippen LogP contribution in [0.25, 0.3) is 0 Å². The van der Waals surface area contributed by atoms with Crippen LogP contribution in [0.4, 0.5) is 4.39 Å². The van der Waals surface area contributed by atoms with Gasteiger partial charge in [0, 0.05) is 10.6 Å². The SMILES string of the molecule is CC(C)OC(=O)CCSc1ccccc1F. The van der Waals surface area contributed by atoms with E-state index < -0.39 is 0 Å². The molecule has 0 spiro atoms. The summed E-state index contributed by atoms with van der Waals surface area (Å²) in [4.78, 5) is 11.8. The van der Waals surface area contributed by atoms with Gasteiger partial charge in [0.05, 0.1) is 12.5 Å². The maximum absolute atomic E-state index is 13.2. The van der Waals surface area contributed by atoms with Gasteiger partial charge in [0.15, 0.2) is 0 Å². The Kier molecular flexibility index (Phi) is 5.32. The van der Waals surface area contributed by atoms with E-state index in [-0.39, 0.29) is 17.9 Å². The summed E-state index contributed by atoms with van der Waals surface area (Å²) in [5.74, 6) is 0.0514. The molecule has 0 aromatic heterocycles. The Hall–Kier alpha value is -1.03. The maximum atomic E-state index is 13.2. The monoisotopic (exact) mass is 242 g/mol. The Bertz CT molecular complexity index is 353. The van der Waals surface area contributed by atoms with E-state index in [1.165, 1.54) is 17.8 Å². The van der Waals surface area contributed by atoms with Crippen molar-refractivity contribution in [2.24, 2.45) is 0 Å². The smallest absolute Gasteiger partial charge is 0.306 e. The quantitative estimate of drug-likeness (QED) is 0.585. The van der Waals surface area contributed by atoms with Crippen LogP contribution in [0.2, 0.25) is 0 Å². The molecule has 0 aliphatic heterocycles. The number of carbonyl (C=O) groups is 1. The minimum absolute atomic E-state index is 0.0917. The summed E-state index contributed by atoms with van der Waals surface area (Å²) >= 11 is 1.33. The first-order valence-electron chi connectivity index (χ1n) is 5.16. The first-order valence-corrected chi connectivity index (χ1v) is 6.15. The number of hydrogen-bond donors (Lipinski definition) is 0. The number of hydrogen-bond acceptors (Lipinski definition) is 3. The molecule has 0 saturated heterocycles. The van der Waals surface area contributed by atoms with Gasteiger partial charge in [-0.3, -0.25) is 4.79 Å². The Labute approximate surface area is 99.2 Å². The van der Waals surface area contributed by atoms with Crippen molar-refractivity contribution < 1.29 is 13.9 Å². The van der Waals surface area contributed by atoms with Gasteiger partial charge < -0.3 is 4.74 Å². The van der Waals surface area contributed by atoms with Gasteiger partial charge in [-0.1, -0.05) is 12.1 Å². The number of rotatable bonds is 5. The second-order valence-electron chi connectivity index (χ2n) is 3.57. The van der Waals surface area contributed by atoms with Gasteiger partial charge in [-0.05, 0) is 26.0 Å². The van der Waals surface area contributed by atoms with Crippen LogP contribution >= 0.6 is 11.8 Å². The van der Waals surface area contributed by atoms with Crippen LogP contribution in [0.1, 0.15) is 20.3 Å². The van der Waals surface area contributed by atoms with Crippen LogP contribution in [0, 0.1) is 5.82 Å². The third-order valence-electron chi connectivity index (χ3n) is 1.77. The van der Waals surface area contributed by atoms with E-state index in [9.17, 15) is 9.18 Å². The number of benzene rings is 1. The van der Waals surface area contributed by atoms with Crippen molar-refractivity contribution in [3.05, 3.63) is 30.1 Å². The minimum Gasteiger partial charge on any atom is -0.463 e. The van der Waals surface area contributed by atoms with Crippen molar-refractivity contribution in [3.8, 4) is 0 Å². The lowest BCUT2D eigenvalue weighted by molar-refractivity contribution is -0.146. The van der Waals surface area contributed by atoms with Crippen LogP contribution in [0.5, 0.6) is 0 Å². The molecule has 0 atom stereocenters. The molecule has 88 valence electrons. The highest BCUT2D eigenvalue weighted by Crippen LogP contribution is 2.21. The summed E-state index contributed by atoms with van der Waals surface area (Å²) in [6.45, 7) is 3.61. The normalized spacial score (nSPS) is 10.5. The van der Waals surface area contributed by atoms with E-state index in [4.69, 9.17) is 4.74 Å². The highest BCUT2D eigenvalue weighted by atomic mass is 32.2. The predicted molar refractivity (Wildman–Crippen MR) is 63.0 cm³/mol. The van der Waals surface area contributed by atoms with Gasteiger partial charge in [-0.2, -0.15) is 0 Å². The van der Waals surface area contributed by atoms with E-state index in [0.717, 1.165) is 0 Å². The van der Waals surface area contributed by atoms with E-state index in [1.54, 1.807) is 18.2 Å². The third kappa shape index (κ3) is 4.66. The molecule has 0 unspecified atom stereocenters. The van der Waals surface area contributed by atoms with Gasteiger partial charge in [0.1, 0.15) is 5.82 Å². The van der Waals surface area contributed by atoms with Crippen molar-refractivity contribution in [2.75, 3.05) is 5.75 Å². The number of esters is 1. The van der Waals surface area contributed by atoms with Crippen molar-refractivity contribution in [1.29, 1.82) is 0 Å². The molecule has 0 heterocycles. The zero-order valence-electron chi connectivity index (χ0n) is 9.40. The number of thioether (sulfide) groups is 1. The Balaban J connectivity index is 2.31. The molecule has 1 rings (SSSR count). The molecule has 1 aromatic carbocycles. The molecule has 0 N–H and O–H groups in total. The summed E-state index contributed by atoms with van der Waals surface area (Å²) in [6.07, 6.45) is 0.211. The molecular formula is C12H15FO2S. The number of ether oxygens (including phenoxy) is 1. The summed E-state index contributed by atoms with van der Waals surface area (Å²) in [5.41, 5.74) is 0. The van der Waals surface area contributed by atoms with Crippen molar-refractivity contribution in [3.63, 3.8) is 0 Å². The molecule has 0 saturated carbocycles.